The van der Waals surface area contributed by atoms with Gasteiger partial charge in [-0.1, -0.05) is 66.2 Å². The van der Waals surface area contributed by atoms with Crippen molar-refractivity contribution in [3.8, 4) is 0 Å². The van der Waals surface area contributed by atoms with Gasteiger partial charge in [0.05, 0.1) is 0 Å². The van der Waals surface area contributed by atoms with Crippen LogP contribution >= 0.6 is 12.2 Å². The fourth-order valence-electron chi connectivity index (χ4n) is 4.06. The number of nitrogens with zero attached hydrogens (tertiary/aromatic N) is 2. The Balaban J connectivity index is 1.76. The Hall–Kier alpha value is -2.33. The molecule has 1 fully saturated rings. The van der Waals surface area contributed by atoms with Gasteiger partial charge >= 0.3 is 0 Å². The van der Waals surface area contributed by atoms with Crippen LogP contribution in [0.5, 0.6) is 0 Å². The molecule has 0 N–H and O–H groups in total. The Morgan fingerprint density at radius 2 is 1.48 bits per heavy atom. The van der Waals surface area contributed by atoms with Gasteiger partial charge in [0.2, 0.25) is 0 Å². The predicted molar refractivity (Wildman–Crippen MR) is 113 cm³/mol. The summed E-state index contributed by atoms with van der Waals surface area (Å²) in [4.78, 5) is 20.9. The normalized spacial score (nSPS) is 18.7. The first kappa shape index (κ1) is 18.1. The van der Waals surface area contributed by atoms with Crippen LogP contribution in [0.15, 0.2) is 53.5 Å². The lowest BCUT2D eigenvalue weighted by Gasteiger charge is -2.38. The zero-order chi connectivity index (χ0) is 19.0. The molecule has 2 aliphatic rings. The molecule has 1 saturated carbocycles. The van der Waals surface area contributed by atoms with Gasteiger partial charge in [-0.15, -0.1) is 0 Å². The molecule has 0 radical (unpaired) electrons. The molecule has 2 aromatic carbocycles. The molecule has 1 amide bonds. The van der Waals surface area contributed by atoms with E-state index in [2.05, 4.69) is 31.2 Å². The van der Waals surface area contributed by atoms with Crippen molar-refractivity contribution in [2.24, 2.45) is 4.99 Å². The first-order valence-corrected chi connectivity index (χ1v) is 10.0. The van der Waals surface area contributed by atoms with Crippen LogP contribution in [-0.2, 0) is 0 Å². The lowest BCUT2D eigenvalue weighted by atomic mass is 9.88. The highest BCUT2D eigenvalue weighted by atomic mass is 32.1. The van der Waals surface area contributed by atoms with Crippen molar-refractivity contribution in [3.05, 3.63) is 70.8 Å². The van der Waals surface area contributed by atoms with E-state index in [4.69, 9.17) is 17.2 Å². The van der Waals surface area contributed by atoms with Gasteiger partial charge in [0.25, 0.3) is 5.91 Å². The average molecular weight is 377 g/mol. The third kappa shape index (κ3) is 3.23. The summed E-state index contributed by atoms with van der Waals surface area (Å²) in [6, 6.07) is 16.0. The standard InChI is InChI=1S/C23H24N2OS/c1-16-6-10-18(11-7-16)20-22(27)25(23(24-20)14-4-3-5-15-23)21(26)19-12-8-17(2)9-13-19/h6-13H,3-5,14-15H2,1-2H3. The van der Waals surface area contributed by atoms with E-state index in [9.17, 15) is 4.79 Å². The van der Waals surface area contributed by atoms with E-state index in [1.165, 1.54) is 12.0 Å². The van der Waals surface area contributed by atoms with Crippen molar-refractivity contribution in [1.29, 1.82) is 0 Å². The Labute approximate surface area is 166 Å². The summed E-state index contributed by atoms with van der Waals surface area (Å²) in [5.74, 6) is -0.0345. The highest BCUT2D eigenvalue weighted by Gasteiger charge is 2.48. The number of aliphatic imine (C=N–C) groups is 1. The maximum Gasteiger partial charge on any atom is 0.260 e. The van der Waals surface area contributed by atoms with E-state index >= 15 is 0 Å². The minimum atomic E-state index is -0.516. The fraction of sp³-hybridized carbons (Fsp3) is 0.348. The van der Waals surface area contributed by atoms with E-state index in [0.29, 0.717) is 10.6 Å². The van der Waals surface area contributed by atoms with Crippen molar-refractivity contribution in [1.82, 2.24) is 4.90 Å². The Morgan fingerprint density at radius 3 is 2.07 bits per heavy atom. The van der Waals surface area contributed by atoms with E-state index in [1.54, 1.807) is 4.90 Å². The van der Waals surface area contributed by atoms with Gasteiger partial charge in [-0.3, -0.25) is 14.7 Å². The predicted octanol–water partition coefficient (Wildman–Crippen LogP) is 5.24. The maximum atomic E-state index is 13.4. The fourth-order valence-corrected chi connectivity index (χ4v) is 4.48. The molecule has 4 rings (SSSR count). The van der Waals surface area contributed by atoms with E-state index < -0.39 is 5.66 Å². The monoisotopic (exact) mass is 376 g/mol. The number of amides is 1. The molecule has 0 saturated heterocycles. The molecular formula is C23H24N2OS. The number of aryl methyl sites for hydroxylation is 2. The van der Waals surface area contributed by atoms with Crippen molar-refractivity contribution in [2.45, 2.75) is 51.6 Å². The molecule has 0 aromatic heterocycles. The molecule has 0 atom stereocenters. The summed E-state index contributed by atoms with van der Waals surface area (Å²) < 4.78 is 0. The van der Waals surface area contributed by atoms with Crippen LogP contribution in [-0.4, -0.2) is 27.2 Å². The van der Waals surface area contributed by atoms with Crippen LogP contribution in [0.2, 0.25) is 0 Å². The van der Waals surface area contributed by atoms with Crippen LogP contribution in [0.3, 0.4) is 0 Å². The number of rotatable bonds is 2. The van der Waals surface area contributed by atoms with Crippen LogP contribution < -0.4 is 0 Å². The zero-order valence-electron chi connectivity index (χ0n) is 15.9. The molecule has 3 nitrogen and oxygen atoms in total. The second kappa shape index (κ2) is 7.01. The van der Waals surface area contributed by atoms with Crippen molar-refractivity contribution in [3.63, 3.8) is 0 Å². The summed E-state index contributed by atoms with van der Waals surface area (Å²) in [6.07, 6.45) is 5.09. The van der Waals surface area contributed by atoms with Crippen molar-refractivity contribution in [2.75, 3.05) is 0 Å². The van der Waals surface area contributed by atoms with Gasteiger partial charge < -0.3 is 0 Å². The van der Waals surface area contributed by atoms with Gasteiger partial charge in [-0.25, -0.2) is 0 Å². The molecule has 4 heteroatoms. The minimum Gasteiger partial charge on any atom is -0.271 e. The smallest absolute Gasteiger partial charge is 0.260 e. The van der Waals surface area contributed by atoms with Crippen molar-refractivity contribution >= 4 is 28.8 Å². The SMILES string of the molecule is Cc1ccc(C(=O)N2C(=S)C(c3ccc(C)cc3)=NC23CCCCC3)cc1. The highest BCUT2D eigenvalue weighted by Crippen LogP contribution is 2.41. The Morgan fingerprint density at radius 1 is 0.926 bits per heavy atom. The van der Waals surface area contributed by atoms with Gasteiger partial charge in [-0.05, 0) is 51.7 Å². The lowest BCUT2D eigenvalue weighted by molar-refractivity contribution is 0.0648. The Kier molecular flexibility index (Phi) is 4.68. The number of hydrogen-bond acceptors (Lipinski definition) is 3. The number of carbonyl (C=O) groups excluding carboxylic acids is 1. The summed E-state index contributed by atoms with van der Waals surface area (Å²) in [5.41, 5.74) is 4.27. The van der Waals surface area contributed by atoms with Crippen molar-refractivity contribution < 1.29 is 4.79 Å². The van der Waals surface area contributed by atoms with E-state index in [0.717, 1.165) is 42.5 Å². The number of carbonyl (C=O) groups is 1. The zero-order valence-corrected chi connectivity index (χ0v) is 16.7. The molecule has 1 heterocycles. The summed E-state index contributed by atoms with van der Waals surface area (Å²) >= 11 is 5.81. The van der Waals surface area contributed by atoms with Crippen LogP contribution in [0.1, 0.15) is 59.2 Å². The summed E-state index contributed by atoms with van der Waals surface area (Å²) in [5, 5.41) is 0. The van der Waals surface area contributed by atoms with Crippen LogP contribution in [0, 0.1) is 13.8 Å². The van der Waals surface area contributed by atoms with E-state index in [-0.39, 0.29) is 5.91 Å². The molecule has 1 aliphatic carbocycles. The summed E-state index contributed by atoms with van der Waals surface area (Å²) in [7, 11) is 0. The topological polar surface area (TPSA) is 32.7 Å². The number of hydrogen-bond donors (Lipinski definition) is 0. The third-order valence-electron chi connectivity index (χ3n) is 5.62. The summed E-state index contributed by atoms with van der Waals surface area (Å²) in [6.45, 7) is 4.09. The van der Waals surface area contributed by atoms with Gasteiger partial charge in [-0.2, -0.15) is 0 Å². The average Bonchev–Trinajstić information content (AvgIpc) is 2.95. The molecule has 138 valence electrons. The molecule has 2 aromatic rings. The highest BCUT2D eigenvalue weighted by molar-refractivity contribution is 7.82. The first-order chi connectivity index (χ1) is 13.0. The molecule has 0 bridgehead atoms. The van der Waals surface area contributed by atoms with E-state index in [1.807, 2.05) is 31.2 Å². The van der Waals surface area contributed by atoms with Crippen LogP contribution in [0.25, 0.3) is 0 Å². The minimum absolute atomic E-state index is 0.0345. The first-order valence-electron chi connectivity index (χ1n) is 9.63. The Bertz CT molecular complexity index is 906. The van der Waals surface area contributed by atoms with Crippen LogP contribution in [0.4, 0.5) is 0 Å². The second-order valence-electron chi connectivity index (χ2n) is 7.68. The van der Waals surface area contributed by atoms with Gasteiger partial charge in [0.1, 0.15) is 16.4 Å². The van der Waals surface area contributed by atoms with Gasteiger partial charge in [0.15, 0.2) is 0 Å². The van der Waals surface area contributed by atoms with Gasteiger partial charge in [0, 0.05) is 11.1 Å². The molecule has 1 aliphatic heterocycles. The molecule has 27 heavy (non-hydrogen) atoms. The number of benzene rings is 2. The lowest BCUT2D eigenvalue weighted by Crippen LogP contribution is -2.50. The molecule has 0 unspecified atom stereocenters. The largest absolute Gasteiger partial charge is 0.271 e. The quantitative estimate of drug-likeness (QED) is 0.672. The third-order valence-corrected chi connectivity index (χ3v) is 6.00. The molecular weight excluding hydrogens is 352 g/mol. The second-order valence-corrected chi connectivity index (χ2v) is 8.07. The maximum absolute atomic E-state index is 13.4. The molecule has 1 spiro atoms. The number of thiocarbonyl (C=S) groups is 1.